The third kappa shape index (κ3) is 4.03. The highest BCUT2D eigenvalue weighted by Gasteiger charge is 2.07. The van der Waals surface area contributed by atoms with Gasteiger partial charge in [-0.25, -0.2) is 9.19 Å². The number of H-pyrrole nitrogens is 1. The lowest BCUT2D eigenvalue weighted by atomic mass is 10.2. The van der Waals surface area contributed by atoms with Crippen LogP contribution in [-0.4, -0.2) is 23.7 Å². The molecule has 4 aromatic rings. The van der Waals surface area contributed by atoms with E-state index in [1.807, 2.05) is 30.5 Å². The number of benzene rings is 2. The molecule has 0 saturated heterocycles. The smallest absolute Gasteiger partial charge is 0.259 e. The Bertz CT molecular complexity index is 1160. The summed E-state index contributed by atoms with van der Waals surface area (Å²) in [6.45, 7) is 0. The zero-order chi connectivity index (χ0) is 19.5. The molecule has 0 fully saturated rings. The molecule has 0 aliphatic heterocycles. The highest BCUT2D eigenvalue weighted by atomic mass is 32.2. The number of rotatable bonds is 6. The van der Waals surface area contributed by atoms with Gasteiger partial charge in [-0.05, 0) is 41.8 Å². The molecule has 9 nitrogen and oxygen atoms in total. The van der Waals surface area contributed by atoms with Crippen LogP contribution < -0.4 is 21.1 Å². The van der Waals surface area contributed by atoms with Gasteiger partial charge in [0.05, 0.1) is 17.6 Å². The molecule has 4 rings (SSSR count). The van der Waals surface area contributed by atoms with Crippen molar-refractivity contribution in [1.29, 1.82) is 0 Å². The second-order valence-electron chi connectivity index (χ2n) is 5.96. The van der Waals surface area contributed by atoms with Crippen molar-refractivity contribution in [3.05, 3.63) is 60.9 Å². The third-order valence-electron chi connectivity index (χ3n) is 3.96. The Morgan fingerprint density at radius 3 is 2.71 bits per heavy atom. The van der Waals surface area contributed by atoms with Crippen molar-refractivity contribution >= 4 is 56.7 Å². The number of hydrogen-bond donors (Lipinski definition) is 6. The van der Waals surface area contributed by atoms with E-state index in [0.717, 1.165) is 16.6 Å². The summed E-state index contributed by atoms with van der Waals surface area (Å²) in [5, 5.41) is 7.36. The molecule has 0 spiro atoms. The van der Waals surface area contributed by atoms with E-state index in [4.69, 9.17) is 10.3 Å². The number of nitrogens with zero attached hydrogens (tertiary/aromatic N) is 2. The number of hydrogen-bond acceptors (Lipinski definition) is 6. The zero-order valence-electron chi connectivity index (χ0n) is 14.5. The summed E-state index contributed by atoms with van der Waals surface area (Å²) in [5.74, 6) is 0.800. The predicted octanol–water partition coefficient (Wildman–Crippen LogP) is 3.58. The van der Waals surface area contributed by atoms with Crippen LogP contribution in [-0.2, 0) is 11.3 Å². The van der Waals surface area contributed by atoms with Crippen molar-refractivity contribution in [3.63, 3.8) is 0 Å². The summed E-state index contributed by atoms with van der Waals surface area (Å²) in [5.41, 5.74) is 9.33. The number of fused-ring (bicyclic) bond motifs is 1. The summed E-state index contributed by atoms with van der Waals surface area (Å²) >= 11 is -2.15. The van der Waals surface area contributed by atoms with Crippen LogP contribution in [0.1, 0.15) is 0 Å². The van der Waals surface area contributed by atoms with Gasteiger partial charge in [0.2, 0.25) is 5.95 Å². The van der Waals surface area contributed by atoms with Gasteiger partial charge in [0.1, 0.15) is 0 Å². The number of aromatic nitrogens is 3. The lowest BCUT2D eigenvalue weighted by Crippen LogP contribution is -2.05. The first-order valence-electron chi connectivity index (χ1n) is 8.28. The molecule has 7 N–H and O–H groups in total. The summed E-state index contributed by atoms with van der Waals surface area (Å²) in [7, 11) is 0. The van der Waals surface area contributed by atoms with Crippen molar-refractivity contribution in [3.8, 4) is 0 Å². The Labute approximate surface area is 162 Å². The van der Waals surface area contributed by atoms with Crippen LogP contribution in [0.3, 0.4) is 0 Å². The quantitative estimate of drug-likeness (QED) is 0.274. The first kappa shape index (κ1) is 17.8. The SMILES string of the molecule is Nc1cnc(Nc2ccc3cc[nH]c3c2)nc1Nc1cccc(NS(=O)O)c1. The molecule has 0 saturated carbocycles. The van der Waals surface area contributed by atoms with E-state index in [1.54, 1.807) is 24.3 Å². The van der Waals surface area contributed by atoms with Crippen LogP contribution in [0, 0.1) is 0 Å². The van der Waals surface area contributed by atoms with Gasteiger partial charge in [-0.15, -0.1) is 0 Å². The van der Waals surface area contributed by atoms with Crippen molar-refractivity contribution in [2.75, 3.05) is 21.1 Å². The highest BCUT2D eigenvalue weighted by Crippen LogP contribution is 2.25. The molecule has 0 bridgehead atoms. The van der Waals surface area contributed by atoms with E-state index in [1.165, 1.54) is 6.20 Å². The molecule has 0 radical (unpaired) electrons. The van der Waals surface area contributed by atoms with Gasteiger partial charge in [-0.3, -0.25) is 9.27 Å². The molecule has 0 aliphatic rings. The number of anilines is 6. The monoisotopic (exact) mass is 395 g/mol. The van der Waals surface area contributed by atoms with E-state index in [9.17, 15) is 4.21 Å². The van der Waals surface area contributed by atoms with Gasteiger partial charge in [-0.2, -0.15) is 4.98 Å². The molecule has 1 unspecified atom stereocenters. The first-order chi connectivity index (χ1) is 13.6. The fourth-order valence-electron chi connectivity index (χ4n) is 2.70. The van der Waals surface area contributed by atoms with E-state index in [0.29, 0.717) is 28.8 Å². The van der Waals surface area contributed by atoms with Gasteiger partial charge >= 0.3 is 0 Å². The van der Waals surface area contributed by atoms with E-state index >= 15 is 0 Å². The Balaban J connectivity index is 1.56. The van der Waals surface area contributed by atoms with Gasteiger partial charge in [0.25, 0.3) is 11.3 Å². The molecule has 2 heterocycles. The summed E-state index contributed by atoms with van der Waals surface area (Å²) in [6, 6.07) is 14.8. The maximum atomic E-state index is 10.9. The number of aromatic amines is 1. The molecular formula is C18H17N7O2S. The van der Waals surface area contributed by atoms with Crippen LogP contribution >= 0.6 is 0 Å². The molecule has 2 aromatic heterocycles. The van der Waals surface area contributed by atoms with Crippen molar-refractivity contribution < 1.29 is 8.76 Å². The fourth-order valence-corrected chi connectivity index (χ4v) is 3.03. The minimum absolute atomic E-state index is 0.370. The Morgan fingerprint density at radius 1 is 1.04 bits per heavy atom. The van der Waals surface area contributed by atoms with Crippen LogP contribution in [0.25, 0.3) is 10.9 Å². The Kier molecular flexibility index (Phi) is 4.79. The average Bonchev–Trinajstić information content (AvgIpc) is 3.12. The molecular weight excluding hydrogens is 378 g/mol. The number of nitrogen functional groups attached to an aromatic ring is 1. The minimum atomic E-state index is -2.15. The third-order valence-corrected chi connectivity index (χ3v) is 4.37. The topological polar surface area (TPSA) is 141 Å². The number of nitrogens with one attached hydrogen (secondary N) is 4. The standard InChI is InChI=1S/C18H17N7O2S/c19-15-10-21-18(23-13-5-4-11-6-7-20-16(11)9-13)24-17(15)22-12-2-1-3-14(8-12)25-28(26)27/h1-10,20,25H,19H2,(H,26,27)(H2,21,22,23,24). The van der Waals surface area contributed by atoms with Crippen LogP contribution in [0.5, 0.6) is 0 Å². The Morgan fingerprint density at radius 2 is 1.86 bits per heavy atom. The largest absolute Gasteiger partial charge is 0.394 e. The molecule has 0 amide bonds. The molecule has 142 valence electrons. The lowest BCUT2D eigenvalue weighted by molar-refractivity contribution is 0.570. The first-order valence-corrected chi connectivity index (χ1v) is 9.39. The van der Waals surface area contributed by atoms with Crippen LogP contribution in [0.4, 0.5) is 34.5 Å². The van der Waals surface area contributed by atoms with Gasteiger partial charge in [0, 0.05) is 23.1 Å². The van der Waals surface area contributed by atoms with Crippen molar-refractivity contribution in [2.45, 2.75) is 0 Å². The molecule has 1 atom stereocenters. The highest BCUT2D eigenvalue weighted by molar-refractivity contribution is 7.80. The van der Waals surface area contributed by atoms with E-state index in [-0.39, 0.29) is 0 Å². The second kappa shape index (κ2) is 7.55. The van der Waals surface area contributed by atoms with Gasteiger partial charge < -0.3 is 21.4 Å². The normalized spacial score (nSPS) is 11.9. The summed E-state index contributed by atoms with van der Waals surface area (Å²) in [6.07, 6.45) is 3.39. The van der Waals surface area contributed by atoms with Crippen molar-refractivity contribution in [2.24, 2.45) is 0 Å². The maximum absolute atomic E-state index is 10.9. The average molecular weight is 395 g/mol. The van der Waals surface area contributed by atoms with E-state index in [2.05, 4.69) is 30.3 Å². The van der Waals surface area contributed by atoms with Gasteiger partial charge in [-0.1, -0.05) is 12.1 Å². The Hall–Kier alpha value is -3.63. The van der Waals surface area contributed by atoms with Gasteiger partial charge in [0.15, 0.2) is 5.82 Å². The van der Waals surface area contributed by atoms with E-state index < -0.39 is 11.3 Å². The van der Waals surface area contributed by atoms with Crippen molar-refractivity contribution in [1.82, 2.24) is 15.0 Å². The lowest BCUT2D eigenvalue weighted by Gasteiger charge is -2.12. The maximum Gasteiger partial charge on any atom is 0.259 e. The minimum Gasteiger partial charge on any atom is -0.394 e. The summed E-state index contributed by atoms with van der Waals surface area (Å²) in [4.78, 5) is 11.8. The molecule has 28 heavy (non-hydrogen) atoms. The molecule has 2 aromatic carbocycles. The molecule has 10 heteroatoms. The van der Waals surface area contributed by atoms with Crippen LogP contribution in [0.2, 0.25) is 0 Å². The second-order valence-corrected chi connectivity index (χ2v) is 6.66. The number of nitrogens with two attached hydrogens (primary N) is 1. The van der Waals surface area contributed by atoms with Crippen LogP contribution in [0.15, 0.2) is 60.9 Å². The summed E-state index contributed by atoms with van der Waals surface area (Å²) < 4.78 is 22.3. The zero-order valence-corrected chi connectivity index (χ0v) is 15.3. The fraction of sp³-hybridized carbons (Fsp3) is 0. The predicted molar refractivity (Wildman–Crippen MR) is 112 cm³/mol. The molecule has 0 aliphatic carbocycles.